The molecule has 0 aliphatic carbocycles. The van der Waals surface area contributed by atoms with Crippen LogP contribution in [0.1, 0.15) is 285 Å². The van der Waals surface area contributed by atoms with Crippen molar-refractivity contribution in [3.8, 4) is 0 Å². The van der Waals surface area contributed by atoms with Gasteiger partial charge in [-0.05, 0) is 211 Å². The van der Waals surface area contributed by atoms with Crippen LogP contribution < -0.4 is 0 Å². The first-order chi connectivity index (χ1) is 37.9. The molecule has 6 nitrogen and oxygen atoms in total. The van der Waals surface area contributed by atoms with E-state index >= 15 is 0 Å². The van der Waals surface area contributed by atoms with E-state index in [1.54, 1.807) is 27.8 Å². The zero-order valence-electron chi connectivity index (χ0n) is 60.2. The van der Waals surface area contributed by atoms with Gasteiger partial charge in [0.1, 0.15) is 0 Å². The molecule has 0 N–H and O–H groups in total. The molecule has 472 valence electrons. The van der Waals surface area contributed by atoms with Crippen LogP contribution in [0.15, 0.2) is 48.0 Å². The summed E-state index contributed by atoms with van der Waals surface area (Å²) in [6, 6.07) is 18.8. The highest BCUT2D eigenvalue weighted by Crippen LogP contribution is 2.29. The SMILES string of the molecule is CC.CC.CC.CC.CC.CC(C)C1=CCCN(C(C)C)C1.CC(C)C1CCCN(C(C)C)C1.CC(C)N1CCCC(N(C)C(C)C)C1.CC(C)c1ccc2c(c1)CCN(C(C)C)C2.CC(C)c1cccc2c1CCN(C(C)C)C2. The lowest BCUT2D eigenvalue weighted by Crippen LogP contribution is -2.50. The van der Waals surface area contributed by atoms with Gasteiger partial charge in [-0.25, -0.2) is 0 Å². The van der Waals surface area contributed by atoms with Gasteiger partial charge in [0.15, 0.2) is 0 Å². The summed E-state index contributed by atoms with van der Waals surface area (Å²) in [6.07, 6.45) is 11.7. The molecule has 80 heavy (non-hydrogen) atoms. The van der Waals surface area contributed by atoms with Gasteiger partial charge in [-0.3, -0.25) is 24.5 Å². The number of piperidine rings is 2. The minimum Gasteiger partial charge on any atom is -0.301 e. The smallest absolute Gasteiger partial charge is 0.0239 e. The molecule has 2 atom stereocenters. The molecule has 0 amide bonds. The number of nitrogens with zero attached hydrogens (tertiary/aromatic N) is 6. The molecule has 0 aromatic heterocycles. The predicted molar refractivity (Wildman–Crippen MR) is 367 cm³/mol. The minimum atomic E-state index is 0.647. The van der Waals surface area contributed by atoms with Crippen LogP contribution >= 0.6 is 0 Å². The number of fused-ring (bicyclic) bond motifs is 2. The van der Waals surface area contributed by atoms with E-state index in [1.807, 2.05) is 69.2 Å². The first-order valence-electron chi connectivity index (χ1n) is 34.2. The van der Waals surface area contributed by atoms with Gasteiger partial charge in [0.05, 0.1) is 0 Å². The third kappa shape index (κ3) is 31.2. The van der Waals surface area contributed by atoms with Gasteiger partial charge in [0.2, 0.25) is 0 Å². The minimum absolute atomic E-state index is 0.647. The van der Waals surface area contributed by atoms with E-state index in [0.29, 0.717) is 42.0 Å². The van der Waals surface area contributed by atoms with E-state index in [4.69, 9.17) is 0 Å². The Bertz CT molecular complexity index is 1750. The van der Waals surface area contributed by atoms with Gasteiger partial charge in [-0.2, -0.15) is 0 Å². The molecule has 6 heteroatoms. The van der Waals surface area contributed by atoms with E-state index in [1.165, 1.54) is 108 Å². The Morgan fingerprint density at radius 2 is 0.912 bits per heavy atom. The molecular weight excluding hydrogens is 973 g/mol. The summed E-state index contributed by atoms with van der Waals surface area (Å²) < 4.78 is 0. The summed E-state index contributed by atoms with van der Waals surface area (Å²) in [5, 5.41) is 0. The molecule has 2 unspecified atom stereocenters. The Morgan fingerprint density at radius 1 is 0.438 bits per heavy atom. The quantitative estimate of drug-likeness (QED) is 0.207. The van der Waals surface area contributed by atoms with Gasteiger partial charge in [-0.1, -0.05) is 173 Å². The number of benzene rings is 2. The molecule has 2 fully saturated rings. The van der Waals surface area contributed by atoms with Crippen LogP contribution in [-0.2, 0) is 25.9 Å². The van der Waals surface area contributed by atoms with Gasteiger partial charge in [0.25, 0.3) is 0 Å². The van der Waals surface area contributed by atoms with Crippen molar-refractivity contribution in [3.05, 3.63) is 81.4 Å². The fraction of sp³-hybridized carbons (Fsp3) is 0.811. The molecule has 7 rings (SSSR count). The summed E-state index contributed by atoms with van der Waals surface area (Å²) in [6.45, 7) is 78.2. The zero-order chi connectivity index (χ0) is 62.4. The summed E-state index contributed by atoms with van der Waals surface area (Å²) in [5.74, 6) is 3.84. The highest BCUT2D eigenvalue weighted by Gasteiger charge is 2.27. The number of rotatable bonds is 11. The molecule has 0 spiro atoms. The number of likely N-dealkylation sites (N-methyl/N-ethyl adjacent to an activating group) is 1. The molecule has 2 aromatic carbocycles. The molecule has 0 saturated carbocycles. The fourth-order valence-corrected chi connectivity index (χ4v) is 10.9. The molecule has 5 heterocycles. The number of likely N-dealkylation sites (tertiary alicyclic amines) is 2. The Hall–Kier alpha value is -2.06. The highest BCUT2D eigenvalue weighted by atomic mass is 15.2. The van der Waals surface area contributed by atoms with Crippen molar-refractivity contribution in [3.63, 3.8) is 0 Å². The summed E-state index contributed by atoms with van der Waals surface area (Å²) in [5.41, 5.74) is 10.9. The van der Waals surface area contributed by atoms with Crippen LogP contribution in [0.4, 0.5) is 0 Å². The highest BCUT2D eigenvalue weighted by molar-refractivity contribution is 5.39. The van der Waals surface area contributed by atoms with E-state index in [2.05, 4.69) is 217 Å². The maximum absolute atomic E-state index is 2.62. The average Bonchev–Trinajstić information content (AvgIpc) is 3.47. The predicted octanol–water partition coefficient (Wildman–Crippen LogP) is 19.9. The largest absolute Gasteiger partial charge is 0.301 e. The molecule has 5 aliphatic heterocycles. The lowest BCUT2D eigenvalue weighted by molar-refractivity contribution is 0.0790. The van der Waals surface area contributed by atoms with Crippen molar-refractivity contribution in [2.45, 2.75) is 320 Å². The molecule has 0 radical (unpaired) electrons. The average molecular weight is 1120 g/mol. The second-order valence-corrected chi connectivity index (χ2v) is 25.1. The number of hydrogen-bond donors (Lipinski definition) is 0. The standard InChI is InChI=1S/2C15H23N.C12H26N2.C11H23N.C11H21N.5C2H6/c1-11(2)13-5-6-15-10-16(12(3)4)8-7-14(15)9-13;1-11(2)14-7-5-6-13-10-16(12(3)4)9-8-15(13)14;1-10(2)13(5)12-7-6-8-14(9-12)11(3)4;2*1-9(2)11-6-5-7-12(8-11)10(3)4;5*1-2/h5-6,9,11-12H,7-8,10H2,1-4H3;5-7,11-12H,8-10H2,1-4H3;10-12H,6-9H2,1-5H3;9-11H,5-8H2,1-4H3;6,9-10H,5,7-8H2,1-4H3;5*1-2H3. The third-order valence-corrected chi connectivity index (χ3v) is 16.7. The van der Waals surface area contributed by atoms with Crippen molar-refractivity contribution in [1.29, 1.82) is 0 Å². The summed E-state index contributed by atoms with van der Waals surface area (Å²) in [4.78, 5) is 15.4. The first-order valence-corrected chi connectivity index (χ1v) is 34.2. The molecule has 2 saturated heterocycles. The fourth-order valence-electron chi connectivity index (χ4n) is 10.9. The lowest BCUT2D eigenvalue weighted by atomic mass is 9.87. The first kappa shape index (κ1) is 82.2. The normalized spacial score (nSPS) is 18.6. The number of hydrogen-bond acceptors (Lipinski definition) is 6. The van der Waals surface area contributed by atoms with Crippen LogP contribution in [0, 0.1) is 17.8 Å². The maximum atomic E-state index is 2.62. The summed E-state index contributed by atoms with van der Waals surface area (Å²) in [7, 11) is 2.26. The van der Waals surface area contributed by atoms with E-state index < -0.39 is 0 Å². The zero-order valence-corrected chi connectivity index (χ0v) is 60.2. The lowest BCUT2D eigenvalue weighted by Gasteiger charge is -2.41. The Balaban J connectivity index is -0.000000894. The molecule has 0 bridgehead atoms. The van der Waals surface area contributed by atoms with E-state index in [9.17, 15) is 0 Å². The Labute approximate surface area is 505 Å². The van der Waals surface area contributed by atoms with Gasteiger partial charge in [0, 0.05) is 94.7 Å². The van der Waals surface area contributed by atoms with Crippen molar-refractivity contribution >= 4 is 0 Å². The Morgan fingerprint density at radius 3 is 1.38 bits per heavy atom. The van der Waals surface area contributed by atoms with E-state index in [0.717, 1.165) is 42.9 Å². The molecule has 2 aromatic rings. The van der Waals surface area contributed by atoms with Gasteiger partial charge >= 0.3 is 0 Å². The summed E-state index contributed by atoms with van der Waals surface area (Å²) >= 11 is 0. The second-order valence-electron chi connectivity index (χ2n) is 25.1. The van der Waals surface area contributed by atoms with Crippen LogP contribution in [-0.4, -0.2) is 131 Å². The van der Waals surface area contributed by atoms with Crippen molar-refractivity contribution in [1.82, 2.24) is 29.4 Å². The van der Waals surface area contributed by atoms with Gasteiger partial charge in [-0.15, -0.1) is 0 Å². The topological polar surface area (TPSA) is 19.4 Å². The van der Waals surface area contributed by atoms with Crippen molar-refractivity contribution in [2.75, 3.05) is 59.4 Å². The second kappa shape index (κ2) is 47.2. The van der Waals surface area contributed by atoms with Crippen molar-refractivity contribution < 1.29 is 0 Å². The third-order valence-electron chi connectivity index (χ3n) is 16.7. The monoisotopic (exact) mass is 1120 g/mol. The molecule has 5 aliphatic rings. The van der Waals surface area contributed by atoms with Crippen LogP contribution in [0.3, 0.4) is 0 Å². The Kier molecular flexibility index (Phi) is 48.5. The van der Waals surface area contributed by atoms with Crippen molar-refractivity contribution in [2.24, 2.45) is 17.8 Å². The maximum Gasteiger partial charge on any atom is 0.0239 e. The van der Waals surface area contributed by atoms with Gasteiger partial charge < -0.3 is 4.90 Å². The molecular formula is C74H146N6. The van der Waals surface area contributed by atoms with Crippen LogP contribution in [0.5, 0.6) is 0 Å². The van der Waals surface area contributed by atoms with Crippen LogP contribution in [0.2, 0.25) is 0 Å². The van der Waals surface area contributed by atoms with Crippen LogP contribution in [0.25, 0.3) is 0 Å². The van der Waals surface area contributed by atoms with E-state index in [-0.39, 0.29) is 0 Å².